The Hall–Kier alpha value is -5.38. The molecule has 3 amide bonds. The number of carbonyl (C=O) groups is 3. The summed E-state index contributed by atoms with van der Waals surface area (Å²) >= 11 is 15.8. The highest BCUT2D eigenvalue weighted by molar-refractivity contribution is 14.1. The largest absolute Gasteiger partial charge is 0.395 e. The number of aliphatic imine (C=N–C) groups is 1. The van der Waals surface area contributed by atoms with Crippen LogP contribution in [0.25, 0.3) is 11.0 Å². The minimum absolute atomic E-state index is 0.00171. The monoisotopic (exact) mass is 1300 g/mol. The number of rotatable bonds is 24. The van der Waals surface area contributed by atoms with Gasteiger partial charge in [-0.25, -0.2) is 4.79 Å². The van der Waals surface area contributed by atoms with E-state index in [1.54, 1.807) is 18.5 Å². The molecule has 0 atom stereocenters. The van der Waals surface area contributed by atoms with Crippen LogP contribution in [0.2, 0.25) is 0 Å². The molecule has 35 heteroatoms. The van der Waals surface area contributed by atoms with E-state index >= 15 is 0 Å². The average molecular weight is 1300 g/mol. The van der Waals surface area contributed by atoms with Gasteiger partial charge in [-0.1, -0.05) is 50.3 Å². The van der Waals surface area contributed by atoms with Crippen molar-refractivity contribution in [3.63, 3.8) is 0 Å². The SMILES string of the molecule is CCC1=NCC(C(N)=O)=C1[N+](=O)[O-].CCOCCO.CCOCCn1nc(CC)c(N)c1C(N)=O.CCOCCn1nc(CC)c([N+](=O)[O-])c1C(N)=O.CCOCCn1nc(CC)c2[nH]c(=O)[nH]c(=O)c21.O=P(Cl)(Cl)Cl.[2H]CI. The number of H-pyrrole nitrogens is 2. The van der Waals surface area contributed by atoms with Gasteiger partial charge in [-0.05, 0) is 92.0 Å². The zero-order chi connectivity index (χ0) is 61.0. The number of nitro groups is 2. The molecule has 0 spiro atoms. The van der Waals surface area contributed by atoms with Crippen LogP contribution < -0.4 is 34.2 Å². The highest BCUT2D eigenvalue weighted by Gasteiger charge is 2.32. The number of nitrogens with one attached hydrogen (secondary N) is 2. The number of ether oxygens (including phenoxy) is 4. The number of alkyl halides is 1. The number of primary amides is 3. The third kappa shape index (κ3) is 26.5. The lowest BCUT2D eigenvalue weighted by molar-refractivity contribution is -0.415. The molecule has 0 fully saturated rings. The van der Waals surface area contributed by atoms with E-state index in [0.717, 1.165) is 0 Å². The molecule has 1 aliphatic heterocycles. The number of nitrogens with zero attached hydrogens (tertiary/aromatic N) is 9. The number of aryl methyl sites for hydroxylation is 3. The molecule has 5 heterocycles. The maximum Gasteiger partial charge on any atom is 0.339 e. The van der Waals surface area contributed by atoms with E-state index in [2.05, 4.69) is 64.0 Å². The highest BCUT2D eigenvalue weighted by Crippen LogP contribution is 2.61. The standard InChI is InChI=1S/C11H16N4O3.C10H16N4O4.C10H18N4O2.C7H9N3O3.C4H10O2.CH3I.Cl3OP/c1-3-7-8-9(10(16)13-11(17)12-8)15(14-7)5-6-18-4-2;1-3-7-8(14(16)17)9(10(11)15)13(12-7)5-6-18-4-2;1-3-7-8(11)9(10(12)15)14(13-7)5-6-16-4-2;1-2-5-6(10(12)13)4(3-9-5)7(8)11;1-2-6-4-3-5;1-2;1-5(2,3)4/h3-6H2,1-2H3,(H2,12,13,16,17);3-6H2,1-2H3,(H2,11,15);3-6,11H2,1-2H3,(H2,12,15);2-3H2,1H3,(H2,8,11);5H,2-4H2,1H3;1H3;/i;;;;;1D;. The van der Waals surface area contributed by atoms with E-state index < -0.39 is 44.0 Å². The lowest BCUT2D eigenvalue weighted by Crippen LogP contribution is -2.24. The molecular weight excluding hydrogens is 1230 g/mol. The second kappa shape index (κ2) is 40.8. The first-order valence-corrected chi connectivity index (χ1v) is 29.7. The zero-order valence-electron chi connectivity index (χ0n) is 45.7. The Morgan fingerprint density at radius 2 is 1.14 bits per heavy atom. The molecule has 11 N–H and O–H groups in total. The van der Waals surface area contributed by atoms with E-state index in [4.69, 9.17) is 48.4 Å². The van der Waals surface area contributed by atoms with Crippen LogP contribution in [0.1, 0.15) is 101 Å². The number of nitrogens with two attached hydrogens (primary N) is 4. The van der Waals surface area contributed by atoms with Crippen LogP contribution in [0.4, 0.5) is 11.4 Å². The van der Waals surface area contributed by atoms with Crippen LogP contribution in [-0.4, -0.2) is 149 Å². The Labute approximate surface area is 478 Å². The van der Waals surface area contributed by atoms with Crippen LogP contribution in [0.5, 0.6) is 0 Å². The van der Waals surface area contributed by atoms with Gasteiger partial charge < -0.3 is 52.0 Å². The van der Waals surface area contributed by atoms with Crippen molar-refractivity contribution in [2.45, 2.75) is 101 Å². The van der Waals surface area contributed by atoms with Crippen molar-refractivity contribution in [3.05, 3.63) is 80.8 Å². The molecular formula is C43H72Cl3IN15O15P. The number of fused-ring (bicyclic) bond motifs is 1. The second-order valence-corrected chi connectivity index (χ2v) is 21.3. The molecule has 4 aromatic heterocycles. The first kappa shape index (κ1) is 72.6. The van der Waals surface area contributed by atoms with Crippen LogP contribution in [0.15, 0.2) is 25.9 Å². The second-order valence-electron chi connectivity index (χ2n) is 14.6. The van der Waals surface area contributed by atoms with Gasteiger partial charge >= 0.3 is 22.3 Å². The number of hydrogen-bond donors (Lipinski definition) is 7. The summed E-state index contributed by atoms with van der Waals surface area (Å²) in [6.45, 7) is 20.5. The molecule has 442 valence electrons. The lowest BCUT2D eigenvalue weighted by Gasteiger charge is -2.04. The Morgan fingerprint density at radius 3 is 1.51 bits per heavy atom. The summed E-state index contributed by atoms with van der Waals surface area (Å²) in [6, 6.07) is 0. The summed E-state index contributed by atoms with van der Waals surface area (Å²) in [5, 5.41) is 39.0. The van der Waals surface area contributed by atoms with Gasteiger partial charge in [0.1, 0.15) is 22.7 Å². The predicted molar refractivity (Wildman–Crippen MR) is 306 cm³/mol. The van der Waals surface area contributed by atoms with Gasteiger partial charge in [0.05, 0.1) is 91.7 Å². The van der Waals surface area contributed by atoms with Crippen molar-refractivity contribution < 1.29 is 54.2 Å². The van der Waals surface area contributed by atoms with E-state index in [1.807, 2.05) is 64.1 Å². The molecule has 0 bridgehead atoms. The lowest BCUT2D eigenvalue weighted by atomic mass is 10.1. The first-order chi connectivity index (χ1) is 37.2. The number of nitrogen functional groups attached to an aromatic ring is 1. The smallest absolute Gasteiger partial charge is 0.339 e. The number of aromatic amines is 2. The summed E-state index contributed by atoms with van der Waals surface area (Å²) in [7, 11) is 0. The van der Waals surface area contributed by atoms with Crippen LogP contribution in [0.3, 0.4) is 0 Å². The first-order valence-electron chi connectivity index (χ1n) is 24.5. The van der Waals surface area contributed by atoms with Crippen molar-refractivity contribution in [2.24, 2.45) is 22.2 Å². The summed E-state index contributed by atoms with van der Waals surface area (Å²) < 4.78 is 40.4. The molecule has 0 unspecified atom stereocenters. The number of aromatic nitrogens is 8. The number of aliphatic hydroxyl groups excluding tert-OH is 1. The van der Waals surface area contributed by atoms with Crippen molar-refractivity contribution in [2.75, 3.05) is 76.6 Å². The van der Waals surface area contributed by atoms with E-state index in [9.17, 15) is 48.8 Å². The van der Waals surface area contributed by atoms with Crippen molar-refractivity contribution in [3.8, 4) is 0 Å². The number of amides is 3. The molecule has 5 rings (SSSR count). The fraction of sp³-hybridized carbons (Fsp3) is 0.605. The van der Waals surface area contributed by atoms with E-state index in [0.29, 0.717) is 130 Å². The molecule has 0 saturated carbocycles. The Balaban J connectivity index is 0. The number of hydrogen-bond acceptors (Lipinski definition) is 20. The molecule has 1 aliphatic rings. The molecule has 0 aliphatic carbocycles. The summed E-state index contributed by atoms with van der Waals surface area (Å²) in [5.74, 6) is -2.18. The van der Waals surface area contributed by atoms with Crippen molar-refractivity contribution in [1.29, 1.82) is 0 Å². The maximum atomic E-state index is 11.8. The summed E-state index contributed by atoms with van der Waals surface area (Å²) in [5.41, 5.74) is 23.2. The molecule has 0 radical (unpaired) electrons. The molecule has 78 heavy (non-hydrogen) atoms. The van der Waals surface area contributed by atoms with Crippen molar-refractivity contribution >= 4 is 107 Å². The number of carbonyl (C=O) groups excluding carboxylic acids is 3. The highest BCUT2D eigenvalue weighted by atomic mass is 127. The van der Waals surface area contributed by atoms with Gasteiger partial charge in [0, 0.05) is 27.8 Å². The molecule has 0 saturated heterocycles. The minimum Gasteiger partial charge on any atom is -0.395 e. The van der Waals surface area contributed by atoms with E-state index in [-0.39, 0.29) is 53.7 Å². The normalized spacial score (nSPS) is 11.6. The van der Waals surface area contributed by atoms with Gasteiger partial charge in [-0.15, -0.1) is 0 Å². The predicted octanol–water partition coefficient (Wildman–Crippen LogP) is 4.41. The van der Waals surface area contributed by atoms with Crippen molar-refractivity contribution in [1.82, 2.24) is 39.3 Å². The summed E-state index contributed by atoms with van der Waals surface area (Å²) in [4.78, 5) is 85.9. The van der Waals surface area contributed by atoms with Gasteiger partial charge in [0.2, 0.25) is 5.69 Å². The van der Waals surface area contributed by atoms with Crippen LogP contribution >= 0.6 is 61.5 Å². The third-order valence-electron chi connectivity index (χ3n) is 9.62. The van der Waals surface area contributed by atoms with Gasteiger partial charge in [-0.2, -0.15) is 15.3 Å². The molecule has 0 aromatic carbocycles. The fourth-order valence-corrected chi connectivity index (χ4v) is 6.42. The van der Waals surface area contributed by atoms with Gasteiger partial charge in [-0.3, -0.25) is 68.0 Å². The van der Waals surface area contributed by atoms with E-state index in [1.165, 1.54) is 9.36 Å². The van der Waals surface area contributed by atoms with Crippen LogP contribution in [-0.2, 0) is 67.2 Å². The summed E-state index contributed by atoms with van der Waals surface area (Å²) in [6.07, 6.45) is 2.12. The third-order valence-corrected chi connectivity index (χ3v) is 9.62. The number of anilines is 1. The van der Waals surface area contributed by atoms with Crippen LogP contribution in [0, 0.1) is 20.2 Å². The fourth-order valence-electron chi connectivity index (χ4n) is 6.42. The Kier molecular flexibility index (Phi) is 37.9. The Morgan fingerprint density at radius 1 is 0.718 bits per heavy atom. The maximum absolute atomic E-state index is 11.8. The topological polar surface area (TPSA) is 447 Å². The number of halogens is 4. The number of allylic oxidation sites excluding steroid dienone is 1. The number of aliphatic hydroxyl groups is 1. The Bertz CT molecular complexity index is 2770. The molecule has 4 aromatic rings. The zero-order valence-corrected chi connectivity index (χ0v) is 50.0. The average Bonchev–Trinajstić information content (AvgIpc) is 4.16. The quantitative estimate of drug-likeness (QED) is 0.0128. The van der Waals surface area contributed by atoms with Gasteiger partial charge in [0.25, 0.3) is 23.3 Å². The van der Waals surface area contributed by atoms with Gasteiger partial charge in [0.15, 0.2) is 5.52 Å². The minimum atomic E-state index is -3.22. The molecule has 30 nitrogen and oxygen atoms in total.